The summed E-state index contributed by atoms with van der Waals surface area (Å²) in [5, 5.41) is 11.6. The van der Waals surface area contributed by atoms with E-state index in [1.807, 2.05) is 0 Å². The van der Waals surface area contributed by atoms with Gasteiger partial charge in [0.2, 0.25) is 0 Å². The average Bonchev–Trinajstić information content (AvgIpc) is 2.43. The molecule has 0 radical (unpaired) electrons. The van der Waals surface area contributed by atoms with E-state index in [1.165, 1.54) is 18.2 Å². The van der Waals surface area contributed by atoms with E-state index < -0.39 is 17.7 Å². The Bertz CT molecular complexity index is 734. The lowest BCUT2D eigenvalue weighted by Crippen LogP contribution is -2.15. The number of aromatic carboxylic acids is 1. The van der Waals surface area contributed by atoms with Crippen molar-refractivity contribution in [3.8, 4) is 0 Å². The highest BCUT2D eigenvalue weighted by Crippen LogP contribution is 2.27. The summed E-state index contributed by atoms with van der Waals surface area (Å²) in [6.07, 6.45) is 0. The molecule has 2 N–H and O–H groups in total. The number of para-hydroxylation sites is 1. The molecule has 21 heavy (non-hydrogen) atoms. The van der Waals surface area contributed by atoms with Gasteiger partial charge in [-0.25, -0.2) is 9.18 Å². The lowest BCUT2D eigenvalue weighted by atomic mass is 10.1. The van der Waals surface area contributed by atoms with Gasteiger partial charge in [0, 0.05) is 10.0 Å². The number of carbonyl (C=O) groups excluding carboxylic acids is 1. The third kappa shape index (κ3) is 3.48. The van der Waals surface area contributed by atoms with Gasteiger partial charge in [-0.15, -0.1) is 0 Å². The van der Waals surface area contributed by atoms with Gasteiger partial charge in [0.05, 0.1) is 15.7 Å². The van der Waals surface area contributed by atoms with Gasteiger partial charge in [-0.2, -0.15) is 0 Å². The standard InChI is InChI=1S/C14H8Br2FNO3/c15-9-5-4-7(6-11(9)17)13(19)18-12-8(14(20)21)2-1-3-10(12)16/h1-6H,(H,18,19)(H,20,21). The zero-order valence-electron chi connectivity index (χ0n) is 10.4. The Kier molecular flexibility index (Phi) is 4.74. The van der Waals surface area contributed by atoms with Crippen molar-refractivity contribution in [3.63, 3.8) is 0 Å². The summed E-state index contributed by atoms with van der Waals surface area (Å²) in [5.74, 6) is -2.35. The van der Waals surface area contributed by atoms with Gasteiger partial charge >= 0.3 is 5.97 Å². The van der Waals surface area contributed by atoms with Crippen LogP contribution in [-0.2, 0) is 0 Å². The molecule has 0 saturated carbocycles. The molecule has 0 aliphatic carbocycles. The first-order valence-electron chi connectivity index (χ1n) is 5.68. The Hall–Kier alpha value is -1.73. The third-order valence-corrected chi connectivity index (χ3v) is 3.97. The van der Waals surface area contributed by atoms with Crippen LogP contribution in [0, 0.1) is 5.82 Å². The number of carboxylic acids is 1. The molecule has 0 bridgehead atoms. The van der Waals surface area contributed by atoms with Crippen LogP contribution in [0.5, 0.6) is 0 Å². The maximum atomic E-state index is 13.4. The minimum Gasteiger partial charge on any atom is -0.478 e. The predicted molar refractivity (Wildman–Crippen MR) is 83.2 cm³/mol. The van der Waals surface area contributed by atoms with Crippen LogP contribution >= 0.6 is 31.9 Å². The number of carbonyl (C=O) groups is 2. The molecular formula is C14H8Br2FNO3. The van der Waals surface area contributed by atoms with Crippen LogP contribution in [0.15, 0.2) is 45.3 Å². The second-order valence-electron chi connectivity index (χ2n) is 4.05. The number of hydrogen-bond acceptors (Lipinski definition) is 2. The Balaban J connectivity index is 2.36. The van der Waals surface area contributed by atoms with Crippen molar-refractivity contribution in [2.24, 2.45) is 0 Å². The van der Waals surface area contributed by atoms with Crippen LogP contribution in [0.3, 0.4) is 0 Å². The fourth-order valence-corrected chi connectivity index (χ4v) is 2.36. The van der Waals surface area contributed by atoms with E-state index in [4.69, 9.17) is 5.11 Å². The summed E-state index contributed by atoms with van der Waals surface area (Å²) in [4.78, 5) is 23.3. The number of carboxylic acid groups (broad SMARTS) is 1. The monoisotopic (exact) mass is 415 g/mol. The quantitative estimate of drug-likeness (QED) is 0.783. The largest absolute Gasteiger partial charge is 0.478 e. The van der Waals surface area contributed by atoms with Gasteiger partial charge in [0.25, 0.3) is 5.91 Å². The number of nitrogens with one attached hydrogen (secondary N) is 1. The summed E-state index contributed by atoms with van der Waals surface area (Å²) in [6.45, 7) is 0. The summed E-state index contributed by atoms with van der Waals surface area (Å²) in [6, 6.07) is 8.41. The number of anilines is 1. The fourth-order valence-electron chi connectivity index (χ4n) is 1.65. The summed E-state index contributed by atoms with van der Waals surface area (Å²) >= 11 is 6.18. The van der Waals surface area contributed by atoms with Crippen molar-refractivity contribution in [1.29, 1.82) is 0 Å². The highest BCUT2D eigenvalue weighted by Gasteiger charge is 2.16. The topological polar surface area (TPSA) is 66.4 Å². The minimum absolute atomic E-state index is 0.0599. The fraction of sp³-hybridized carbons (Fsp3) is 0. The minimum atomic E-state index is -1.17. The van der Waals surface area contributed by atoms with Gasteiger partial charge in [-0.3, -0.25) is 4.79 Å². The van der Waals surface area contributed by atoms with Crippen molar-refractivity contribution < 1.29 is 19.1 Å². The molecule has 0 aliphatic rings. The third-order valence-electron chi connectivity index (χ3n) is 2.66. The van der Waals surface area contributed by atoms with Crippen LogP contribution in [0.25, 0.3) is 0 Å². The second kappa shape index (κ2) is 6.36. The molecule has 7 heteroatoms. The van der Waals surface area contributed by atoms with Crippen molar-refractivity contribution in [3.05, 3.63) is 62.3 Å². The molecule has 0 saturated heterocycles. The molecule has 1 amide bonds. The summed E-state index contributed by atoms with van der Waals surface area (Å²) in [7, 11) is 0. The molecular weight excluding hydrogens is 409 g/mol. The SMILES string of the molecule is O=C(Nc1c(Br)cccc1C(=O)O)c1ccc(Br)c(F)c1. The Morgan fingerprint density at radius 3 is 2.43 bits per heavy atom. The summed E-state index contributed by atoms with van der Waals surface area (Å²) in [5.41, 5.74) is 0.149. The summed E-state index contributed by atoms with van der Waals surface area (Å²) < 4.78 is 14.1. The second-order valence-corrected chi connectivity index (χ2v) is 5.76. The molecule has 0 aromatic heterocycles. The lowest BCUT2D eigenvalue weighted by molar-refractivity contribution is 0.0698. The Morgan fingerprint density at radius 1 is 1.10 bits per heavy atom. The number of benzene rings is 2. The van der Waals surface area contributed by atoms with Crippen LogP contribution in [0.2, 0.25) is 0 Å². The first kappa shape index (κ1) is 15.7. The van der Waals surface area contributed by atoms with Crippen molar-refractivity contribution in [2.75, 3.05) is 5.32 Å². The molecule has 4 nitrogen and oxygen atoms in total. The van der Waals surface area contributed by atoms with Crippen LogP contribution in [0.4, 0.5) is 10.1 Å². The van der Waals surface area contributed by atoms with E-state index in [1.54, 1.807) is 12.1 Å². The van der Waals surface area contributed by atoms with Crippen LogP contribution in [-0.4, -0.2) is 17.0 Å². The molecule has 0 fully saturated rings. The van der Waals surface area contributed by atoms with Crippen LogP contribution in [0.1, 0.15) is 20.7 Å². The number of halogens is 3. The Morgan fingerprint density at radius 2 is 1.81 bits per heavy atom. The maximum absolute atomic E-state index is 13.4. The maximum Gasteiger partial charge on any atom is 0.337 e. The zero-order chi connectivity index (χ0) is 15.6. The normalized spacial score (nSPS) is 10.2. The van der Waals surface area contributed by atoms with Gasteiger partial charge < -0.3 is 10.4 Å². The molecule has 0 spiro atoms. The molecule has 2 aromatic carbocycles. The molecule has 108 valence electrons. The van der Waals surface area contributed by atoms with E-state index >= 15 is 0 Å². The van der Waals surface area contributed by atoms with Gasteiger partial charge in [0.15, 0.2) is 0 Å². The van der Waals surface area contributed by atoms with Gasteiger partial charge in [0.1, 0.15) is 5.82 Å². The molecule has 0 atom stereocenters. The molecule has 2 rings (SSSR count). The Labute approximate surface area is 136 Å². The van der Waals surface area contributed by atoms with E-state index in [9.17, 15) is 14.0 Å². The zero-order valence-corrected chi connectivity index (χ0v) is 13.5. The number of rotatable bonds is 3. The van der Waals surface area contributed by atoms with E-state index in [-0.39, 0.29) is 21.3 Å². The highest BCUT2D eigenvalue weighted by molar-refractivity contribution is 9.10. The van der Waals surface area contributed by atoms with Gasteiger partial charge in [-0.05, 0) is 62.2 Å². The molecule has 0 unspecified atom stereocenters. The van der Waals surface area contributed by atoms with E-state index in [0.29, 0.717) is 4.47 Å². The first-order valence-corrected chi connectivity index (χ1v) is 7.27. The first-order chi connectivity index (χ1) is 9.90. The van der Waals surface area contributed by atoms with E-state index in [2.05, 4.69) is 37.2 Å². The number of amides is 1. The molecule has 0 heterocycles. The predicted octanol–water partition coefficient (Wildman–Crippen LogP) is 4.30. The smallest absolute Gasteiger partial charge is 0.337 e. The number of hydrogen-bond donors (Lipinski definition) is 2. The van der Waals surface area contributed by atoms with Crippen molar-refractivity contribution in [1.82, 2.24) is 0 Å². The van der Waals surface area contributed by atoms with E-state index in [0.717, 1.165) is 6.07 Å². The van der Waals surface area contributed by atoms with Crippen molar-refractivity contribution >= 4 is 49.4 Å². The lowest BCUT2D eigenvalue weighted by Gasteiger charge is -2.10. The molecule has 2 aromatic rings. The van der Waals surface area contributed by atoms with Gasteiger partial charge in [-0.1, -0.05) is 6.07 Å². The van der Waals surface area contributed by atoms with Crippen molar-refractivity contribution in [2.45, 2.75) is 0 Å². The molecule has 0 aliphatic heterocycles. The van der Waals surface area contributed by atoms with Crippen LogP contribution < -0.4 is 5.32 Å². The average molecular weight is 417 g/mol. The highest BCUT2D eigenvalue weighted by atomic mass is 79.9.